The normalized spacial score (nSPS) is 11.3. The van der Waals surface area contributed by atoms with Crippen LogP contribution in [-0.2, 0) is 0 Å². The summed E-state index contributed by atoms with van der Waals surface area (Å²) >= 11 is 0. The molecule has 21 heavy (non-hydrogen) atoms. The lowest BCUT2D eigenvalue weighted by molar-refractivity contribution is 0.375. The van der Waals surface area contributed by atoms with Gasteiger partial charge in [-0.2, -0.15) is 0 Å². The Hall–Kier alpha value is -2.44. The Morgan fingerprint density at radius 1 is 0.810 bits per heavy atom. The second-order valence-corrected chi connectivity index (χ2v) is 4.40. The second kappa shape index (κ2) is 4.54. The predicted octanol–water partition coefficient (Wildman–Crippen LogP) is 4.03. The third-order valence-electron chi connectivity index (χ3n) is 3.14. The number of nitrogens with zero attached hydrogens (tertiary/aromatic N) is 2. The van der Waals surface area contributed by atoms with Crippen LogP contribution in [0.5, 0.6) is 0 Å². The van der Waals surface area contributed by atoms with E-state index in [0.717, 1.165) is 4.57 Å². The van der Waals surface area contributed by atoms with Crippen LogP contribution in [-0.4, -0.2) is 9.55 Å². The minimum Gasteiger partial charge on any atom is -0.291 e. The zero-order chi connectivity index (χ0) is 15.3. The average Bonchev–Trinajstić information content (AvgIpc) is 2.80. The first-order valence-electron chi connectivity index (χ1n) is 5.89. The van der Waals surface area contributed by atoms with Gasteiger partial charge in [0.1, 0.15) is 11.5 Å². The summed E-state index contributed by atoms with van der Waals surface area (Å²) in [6, 6.07) is 6.28. The third kappa shape index (κ3) is 1.80. The van der Waals surface area contributed by atoms with Gasteiger partial charge in [-0.25, -0.2) is 26.9 Å². The number of hydrogen-bond donors (Lipinski definition) is 0. The first-order valence-corrected chi connectivity index (χ1v) is 5.89. The number of hydrogen-bond acceptors (Lipinski definition) is 1. The molecular formula is C14H7F5N2. The summed E-state index contributed by atoms with van der Waals surface area (Å²) in [5.41, 5.74) is -0.394. The van der Waals surface area contributed by atoms with E-state index in [9.17, 15) is 22.0 Å². The molecule has 0 unspecified atom stereocenters. The molecule has 2 aromatic carbocycles. The molecule has 1 heterocycles. The molecule has 108 valence electrons. The third-order valence-corrected chi connectivity index (χ3v) is 3.14. The van der Waals surface area contributed by atoms with Gasteiger partial charge < -0.3 is 0 Å². The van der Waals surface area contributed by atoms with Crippen molar-refractivity contribution in [2.45, 2.75) is 6.92 Å². The number of para-hydroxylation sites is 2. The number of aromatic nitrogens is 2. The minimum absolute atomic E-state index is 0.111. The van der Waals surface area contributed by atoms with E-state index >= 15 is 0 Å². The van der Waals surface area contributed by atoms with Crippen LogP contribution in [0.2, 0.25) is 0 Å². The van der Waals surface area contributed by atoms with Gasteiger partial charge in [0.05, 0.1) is 11.0 Å². The maximum atomic E-state index is 13.9. The lowest BCUT2D eigenvalue weighted by Gasteiger charge is -2.11. The number of imidazole rings is 1. The summed E-state index contributed by atoms with van der Waals surface area (Å²) < 4.78 is 68.5. The molecule has 0 aliphatic carbocycles. The lowest BCUT2D eigenvalue weighted by Crippen LogP contribution is -2.10. The van der Waals surface area contributed by atoms with Gasteiger partial charge in [-0.15, -0.1) is 0 Å². The molecule has 1 aromatic heterocycles. The second-order valence-electron chi connectivity index (χ2n) is 4.40. The minimum atomic E-state index is -2.18. The van der Waals surface area contributed by atoms with Crippen molar-refractivity contribution in [2.24, 2.45) is 0 Å². The van der Waals surface area contributed by atoms with Crippen LogP contribution in [0, 0.1) is 36.0 Å². The smallest absolute Gasteiger partial charge is 0.200 e. The van der Waals surface area contributed by atoms with Crippen molar-refractivity contribution in [3.8, 4) is 5.69 Å². The van der Waals surface area contributed by atoms with Crippen molar-refractivity contribution < 1.29 is 22.0 Å². The van der Waals surface area contributed by atoms with E-state index < -0.39 is 34.8 Å². The molecule has 2 nitrogen and oxygen atoms in total. The Morgan fingerprint density at radius 2 is 1.33 bits per heavy atom. The molecule has 7 heteroatoms. The standard InChI is InChI=1S/C14H7F5N2/c1-6-20-7-4-2-3-5-8(7)21(6)14-12(18)10(16)9(15)11(17)13(14)19/h2-5H,1H3. The topological polar surface area (TPSA) is 17.8 Å². The van der Waals surface area contributed by atoms with Crippen LogP contribution in [0.3, 0.4) is 0 Å². The Kier molecular flexibility index (Phi) is 2.93. The fraction of sp³-hybridized carbons (Fsp3) is 0.0714. The van der Waals surface area contributed by atoms with Crippen LogP contribution < -0.4 is 0 Å². The molecular weight excluding hydrogens is 291 g/mol. The SMILES string of the molecule is Cc1nc2ccccc2n1-c1c(F)c(F)c(F)c(F)c1F. The molecule has 3 rings (SSSR count). The number of aryl methyl sites for hydroxylation is 1. The molecule has 0 amide bonds. The van der Waals surface area contributed by atoms with E-state index in [4.69, 9.17) is 0 Å². The van der Waals surface area contributed by atoms with Gasteiger partial charge in [0.25, 0.3) is 0 Å². The van der Waals surface area contributed by atoms with E-state index in [2.05, 4.69) is 4.98 Å². The molecule has 0 radical (unpaired) electrons. The summed E-state index contributed by atoms with van der Waals surface area (Å²) in [5, 5.41) is 0. The molecule has 0 fully saturated rings. The average molecular weight is 298 g/mol. The van der Waals surface area contributed by atoms with Crippen LogP contribution in [0.1, 0.15) is 5.82 Å². The Morgan fingerprint density at radius 3 is 1.95 bits per heavy atom. The van der Waals surface area contributed by atoms with E-state index in [1.165, 1.54) is 13.0 Å². The molecule has 0 saturated carbocycles. The molecule has 0 spiro atoms. The Bertz CT molecular complexity index is 840. The summed E-state index contributed by atoms with van der Waals surface area (Å²) in [6.45, 7) is 1.41. The van der Waals surface area contributed by atoms with Crippen molar-refractivity contribution in [3.05, 3.63) is 59.2 Å². The van der Waals surface area contributed by atoms with Gasteiger partial charge in [-0.1, -0.05) is 12.1 Å². The molecule has 0 bridgehead atoms. The highest BCUT2D eigenvalue weighted by molar-refractivity contribution is 5.78. The monoisotopic (exact) mass is 298 g/mol. The van der Waals surface area contributed by atoms with Gasteiger partial charge in [-0.05, 0) is 19.1 Å². The fourth-order valence-electron chi connectivity index (χ4n) is 2.22. The first kappa shape index (κ1) is 13.5. The predicted molar refractivity (Wildman–Crippen MR) is 65.6 cm³/mol. The van der Waals surface area contributed by atoms with Gasteiger partial charge in [-0.3, -0.25) is 4.57 Å². The van der Waals surface area contributed by atoms with Gasteiger partial charge in [0.15, 0.2) is 23.3 Å². The molecule has 3 aromatic rings. The maximum absolute atomic E-state index is 13.9. The van der Waals surface area contributed by atoms with Crippen molar-refractivity contribution in [1.29, 1.82) is 0 Å². The van der Waals surface area contributed by atoms with E-state index in [1.807, 2.05) is 0 Å². The van der Waals surface area contributed by atoms with Gasteiger partial charge in [0, 0.05) is 0 Å². The van der Waals surface area contributed by atoms with Crippen LogP contribution in [0.15, 0.2) is 24.3 Å². The molecule has 0 N–H and O–H groups in total. The van der Waals surface area contributed by atoms with Crippen molar-refractivity contribution >= 4 is 11.0 Å². The van der Waals surface area contributed by atoms with Crippen molar-refractivity contribution in [2.75, 3.05) is 0 Å². The highest BCUT2D eigenvalue weighted by atomic mass is 19.2. The zero-order valence-corrected chi connectivity index (χ0v) is 10.6. The fourth-order valence-corrected chi connectivity index (χ4v) is 2.22. The summed E-state index contributed by atoms with van der Waals surface area (Å²) in [6.07, 6.45) is 0. The molecule has 0 atom stereocenters. The van der Waals surface area contributed by atoms with Crippen LogP contribution in [0.25, 0.3) is 16.7 Å². The van der Waals surface area contributed by atoms with E-state index in [1.54, 1.807) is 18.2 Å². The van der Waals surface area contributed by atoms with Crippen molar-refractivity contribution in [3.63, 3.8) is 0 Å². The lowest BCUT2D eigenvalue weighted by atomic mass is 10.2. The summed E-state index contributed by atoms with van der Waals surface area (Å²) in [7, 11) is 0. The van der Waals surface area contributed by atoms with Crippen LogP contribution in [0.4, 0.5) is 22.0 Å². The van der Waals surface area contributed by atoms with Gasteiger partial charge in [0.2, 0.25) is 5.82 Å². The molecule has 0 aliphatic heterocycles. The maximum Gasteiger partial charge on any atom is 0.200 e. The first-order chi connectivity index (χ1) is 9.93. The van der Waals surface area contributed by atoms with Crippen LogP contribution >= 0.6 is 0 Å². The highest BCUT2D eigenvalue weighted by Crippen LogP contribution is 2.29. The number of fused-ring (bicyclic) bond motifs is 1. The van der Waals surface area contributed by atoms with E-state index in [-0.39, 0.29) is 11.3 Å². The summed E-state index contributed by atoms with van der Waals surface area (Å²) in [4.78, 5) is 4.04. The quantitative estimate of drug-likeness (QED) is 0.377. The number of benzene rings is 2. The van der Waals surface area contributed by atoms with Gasteiger partial charge >= 0.3 is 0 Å². The summed E-state index contributed by atoms with van der Waals surface area (Å²) in [5.74, 6) is -9.83. The largest absolute Gasteiger partial charge is 0.291 e. The zero-order valence-electron chi connectivity index (χ0n) is 10.6. The number of halogens is 5. The van der Waals surface area contributed by atoms with E-state index in [0.29, 0.717) is 5.52 Å². The highest BCUT2D eigenvalue weighted by Gasteiger charge is 2.28. The Labute approximate surface area is 115 Å². The Balaban J connectivity index is 2.47. The molecule has 0 aliphatic rings. The number of rotatable bonds is 1. The van der Waals surface area contributed by atoms with Crippen molar-refractivity contribution in [1.82, 2.24) is 9.55 Å². The molecule has 0 saturated heterocycles.